The number of nitrogens with one attached hydrogen (secondary N) is 1. The number of hydrogen-bond donors (Lipinski definition) is 1. The van der Waals surface area contributed by atoms with Crippen molar-refractivity contribution in [1.82, 2.24) is 10.2 Å². The van der Waals surface area contributed by atoms with Crippen molar-refractivity contribution in [2.75, 3.05) is 5.32 Å². The number of carbonyl (C=O) groups excluding carboxylic acids is 1. The van der Waals surface area contributed by atoms with Gasteiger partial charge < -0.3 is 9.15 Å². The lowest BCUT2D eigenvalue weighted by Gasteiger charge is -2.05. The van der Waals surface area contributed by atoms with Crippen LogP contribution in [-0.4, -0.2) is 16.1 Å². The van der Waals surface area contributed by atoms with E-state index in [-0.39, 0.29) is 18.3 Å². The number of nitrogens with zero attached hydrogens (tertiary/aromatic N) is 3. The van der Waals surface area contributed by atoms with Gasteiger partial charge in [-0.05, 0) is 30.7 Å². The molecule has 0 saturated carbocycles. The van der Waals surface area contributed by atoms with Gasteiger partial charge in [-0.25, -0.2) is 0 Å². The van der Waals surface area contributed by atoms with Crippen molar-refractivity contribution in [2.24, 2.45) is 0 Å². The van der Waals surface area contributed by atoms with E-state index in [2.05, 4.69) is 28.5 Å². The first-order chi connectivity index (χ1) is 13.7. The monoisotopic (exact) mass is 396 g/mol. The van der Waals surface area contributed by atoms with Gasteiger partial charge in [0, 0.05) is 6.42 Å². The number of rotatable bonds is 9. The zero-order valence-electron chi connectivity index (χ0n) is 15.5. The molecule has 0 aliphatic heterocycles. The number of anilines is 1. The van der Waals surface area contributed by atoms with E-state index < -0.39 is 0 Å². The number of nitriles is 1. The summed E-state index contributed by atoms with van der Waals surface area (Å²) in [6.07, 6.45) is 4.23. The Bertz CT molecular complexity index is 974. The van der Waals surface area contributed by atoms with E-state index in [1.54, 1.807) is 36.4 Å². The Morgan fingerprint density at radius 3 is 2.93 bits per heavy atom. The molecule has 0 spiro atoms. The van der Waals surface area contributed by atoms with Crippen LogP contribution >= 0.6 is 11.3 Å². The molecule has 3 aromatic rings. The Kier molecular flexibility index (Phi) is 6.76. The zero-order chi connectivity index (χ0) is 19.8. The minimum atomic E-state index is -0.389. The Hall–Kier alpha value is -3.18. The van der Waals surface area contributed by atoms with E-state index in [1.165, 1.54) is 11.3 Å². The summed E-state index contributed by atoms with van der Waals surface area (Å²) in [7, 11) is 0. The average Bonchev–Trinajstić information content (AvgIpc) is 3.36. The third-order valence-corrected chi connectivity index (χ3v) is 4.84. The van der Waals surface area contributed by atoms with E-state index in [4.69, 9.17) is 14.4 Å². The average molecular weight is 396 g/mol. The minimum Gasteiger partial charge on any atom is -0.484 e. The van der Waals surface area contributed by atoms with Crippen LogP contribution < -0.4 is 10.1 Å². The zero-order valence-corrected chi connectivity index (χ0v) is 16.3. The molecule has 3 rings (SSSR count). The largest absolute Gasteiger partial charge is 0.484 e. The van der Waals surface area contributed by atoms with Crippen LogP contribution in [0.1, 0.15) is 53.1 Å². The fraction of sp³-hybridized carbons (Fsp3) is 0.300. The number of furan rings is 1. The lowest BCUT2D eigenvalue weighted by Crippen LogP contribution is -2.10. The molecule has 0 saturated heterocycles. The first kappa shape index (κ1) is 19.6. The van der Waals surface area contributed by atoms with Crippen molar-refractivity contribution in [1.29, 1.82) is 5.26 Å². The first-order valence-corrected chi connectivity index (χ1v) is 9.85. The summed E-state index contributed by atoms with van der Waals surface area (Å²) in [4.78, 5) is 12.3. The molecular weight excluding hydrogens is 376 g/mol. The normalized spacial score (nSPS) is 10.4. The van der Waals surface area contributed by atoms with Crippen molar-refractivity contribution in [3.05, 3.63) is 58.5 Å². The highest BCUT2D eigenvalue weighted by atomic mass is 32.1. The van der Waals surface area contributed by atoms with Crippen molar-refractivity contribution in [3.63, 3.8) is 0 Å². The number of para-hydroxylation sites is 1. The van der Waals surface area contributed by atoms with Crippen LogP contribution in [0.15, 0.2) is 40.8 Å². The van der Waals surface area contributed by atoms with Gasteiger partial charge in [0.15, 0.2) is 5.76 Å². The second-order valence-electron chi connectivity index (χ2n) is 6.07. The van der Waals surface area contributed by atoms with Gasteiger partial charge in [0.1, 0.15) is 29.2 Å². The Balaban J connectivity index is 1.55. The van der Waals surface area contributed by atoms with Gasteiger partial charge in [-0.1, -0.05) is 43.2 Å². The van der Waals surface area contributed by atoms with Gasteiger partial charge in [0.05, 0.1) is 5.56 Å². The summed E-state index contributed by atoms with van der Waals surface area (Å²) < 4.78 is 11.1. The molecule has 1 N–H and O–H groups in total. The standard InChI is InChI=1S/C20H20N4O3S/c1-2-3-4-9-18-23-24-20(28-18)22-19(25)17-11-10-15(27-17)13-26-16-8-6-5-7-14(16)12-21/h5-8,10-11H,2-4,9,13H2,1H3,(H,22,24,25). The van der Waals surface area contributed by atoms with Gasteiger partial charge in [-0.15, -0.1) is 10.2 Å². The van der Waals surface area contributed by atoms with Gasteiger partial charge >= 0.3 is 0 Å². The van der Waals surface area contributed by atoms with Gasteiger partial charge in [0.2, 0.25) is 5.13 Å². The predicted octanol–water partition coefficient (Wildman–Crippen LogP) is 4.57. The van der Waals surface area contributed by atoms with E-state index in [0.29, 0.717) is 22.2 Å². The highest BCUT2D eigenvalue weighted by Gasteiger charge is 2.15. The molecule has 0 atom stereocenters. The Morgan fingerprint density at radius 1 is 1.25 bits per heavy atom. The number of ether oxygens (including phenoxy) is 1. The third kappa shape index (κ3) is 5.18. The predicted molar refractivity (Wildman–Crippen MR) is 105 cm³/mol. The molecular formula is C20H20N4O3S. The smallest absolute Gasteiger partial charge is 0.293 e. The Labute approximate surface area is 167 Å². The lowest BCUT2D eigenvalue weighted by atomic mass is 10.2. The maximum atomic E-state index is 12.3. The molecule has 144 valence electrons. The van der Waals surface area contributed by atoms with Crippen LogP contribution in [-0.2, 0) is 13.0 Å². The van der Waals surface area contributed by atoms with Crippen LogP contribution in [0.25, 0.3) is 0 Å². The topological polar surface area (TPSA) is 101 Å². The molecule has 28 heavy (non-hydrogen) atoms. The fourth-order valence-corrected chi connectivity index (χ4v) is 3.28. The number of amides is 1. The van der Waals surface area contributed by atoms with E-state index in [0.717, 1.165) is 30.7 Å². The molecule has 2 aromatic heterocycles. The van der Waals surface area contributed by atoms with Gasteiger partial charge in [0.25, 0.3) is 5.91 Å². The number of carbonyl (C=O) groups is 1. The maximum absolute atomic E-state index is 12.3. The van der Waals surface area contributed by atoms with Crippen molar-refractivity contribution in [3.8, 4) is 11.8 Å². The summed E-state index contributed by atoms with van der Waals surface area (Å²) in [6, 6.07) is 12.3. The number of hydrogen-bond acceptors (Lipinski definition) is 7. The van der Waals surface area contributed by atoms with Crippen LogP contribution in [0.5, 0.6) is 5.75 Å². The number of benzene rings is 1. The molecule has 0 aliphatic rings. The van der Waals surface area contributed by atoms with E-state index in [9.17, 15) is 4.79 Å². The summed E-state index contributed by atoms with van der Waals surface area (Å²) in [5.41, 5.74) is 0.443. The quantitative estimate of drug-likeness (QED) is 0.532. The van der Waals surface area contributed by atoms with Crippen LogP contribution in [0.2, 0.25) is 0 Å². The van der Waals surface area contributed by atoms with Crippen molar-refractivity contribution in [2.45, 2.75) is 39.2 Å². The molecule has 8 heteroatoms. The first-order valence-electron chi connectivity index (χ1n) is 9.04. The fourth-order valence-electron chi connectivity index (χ4n) is 2.50. The molecule has 2 heterocycles. The SMILES string of the molecule is CCCCCc1nnc(NC(=O)c2ccc(COc3ccccc3C#N)o2)s1. The molecule has 7 nitrogen and oxygen atoms in total. The summed E-state index contributed by atoms with van der Waals surface area (Å²) >= 11 is 1.37. The highest BCUT2D eigenvalue weighted by Crippen LogP contribution is 2.21. The van der Waals surface area contributed by atoms with Gasteiger partial charge in [-0.2, -0.15) is 5.26 Å². The van der Waals surface area contributed by atoms with Crippen LogP contribution in [0.3, 0.4) is 0 Å². The van der Waals surface area contributed by atoms with E-state index in [1.807, 2.05) is 0 Å². The molecule has 0 radical (unpaired) electrons. The second kappa shape index (κ2) is 9.67. The maximum Gasteiger partial charge on any atom is 0.293 e. The second-order valence-corrected chi connectivity index (χ2v) is 7.14. The molecule has 0 aliphatic carbocycles. The summed E-state index contributed by atoms with van der Waals surface area (Å²) in [6.45, 7) is 2.27. The highest BCUT2D eigenvalue weighted by molar-refractivity contribution is 7.15. The third-order valence-electron chi connectivity index (χ3n) is 3.94. The Morgan fingerprint density at radius 2 is 2.11 bits per heavy atom. The summed E-state index contributed by atoms with van der Waals surface area (Å²) in [5, 5.41) is 21.2. The van der Waals surface area contributed by atoms with Gasteiger partial charge in [-0.3, -0.25) is 10.1 Å². The number of unbranched alkanes of at least 4 members (excludes halogenated alkanes) is 2. The molecule has 1 amide bonds. The number of aromatic nitrogens is 2. The molecule has 0 fully saturated rings. The van der Waals surface area contributed by atoms with E-state index >= 15 is 0 Å². The van der Waals surface area contributed by atoms with Crippen LogP contribution in [0, 0.1) is 11.3 Å². The molecule has 1 aromatic carbocycles. The summed E-state index contributed by atoms with van der Waals surface area (Å²) in [5.74, 6) is 0.724. The lowest BCUT2D eigenvalue weighted by molar-refractivity contribution is 0.0992. The van der Waals surface area contributed by atoms with Crippen LogP contribution in [0.4, 0.5) is 5.13 Å². The van der Waals surface area contributed by atoms with Crippen molar-refractivity contribution >= 4 is 22.4 Å². The number of aryl methyl sites for hydroxylation is 1. The molecule has 0 bridgehead atoms. The molecule has 0 unspecified atom stereocenters. The van der Waals surface area contributed by atoms with Crippen molar-refractivity contribution < 1.29 is 13.9 Å². The minimum absolute atomic E-state index is 0.117.